The van der Waals surface area contributed by atoms with Gasteiger partial charge in [-0.1, -0.05) is 25.4 Å². The molecular weight excluding hydrogens is 208 g/mol. The Labute approximate surface area is 98.7 Å². The fourth-order valence-corrected chi connectivity index (χ4v) is 2.36. The van der Waals surface area contributed by atoms with Crippen LogP contribution in [-0.2, 0) is 0 Å². The van der Waals surface area contributed by atoms with Crippen LogP contribution in [0.25, 0.3) is 0 Å². The summed E-state index contributed by atoms with van der Waals surface area (Å²) in [6.45, 7) is 11.0. The van der Waals surface area contributed by atoms with E-state index in [2.05, 4.69) is 31.0 Å². The topological polar surface area (TPSA) is 15.3 Å². The lowest BCUT2D eigenvalue weighted by molar-refractivity contribution is 0.132. The number of rotatable bonds is 4. The van der Waals surface area contributed by atoms with Crippen molar-refractivity contribution in [2.45, 2.75) is 39.2 Å². The Morgan fingerprint density at radius 3 is 2.67 bits per heavy atom. The summed E-state index contributed by atoms with van der Waals surface area (Å²) in [6.07, 6.45) is 2.40. The summed E-state index contributed by atoms with van der Waals surface area (Å²) in [7, 11) is 0. The van der Waals surface area contributed by atoms with E-state index in [9.17, 15) is 0 Å². The van der Waals surface area contributed by atoms with E-state index in [4.69, 9.17) is 11.6 Å². The summed E-state index contributed by atoms with van der Waals surface area (Å²) in [5.41, 5.74) is 3.27. The van der Waals surface area contributed by atoms with E-state index in [0.29, 0.717) is 5.54 Å². The number of nitrogens with zero attached hydrogens (tertiary/aromatic N) is 1. The van der Waals surface area contributed by atoms with E-state index in [1.54, 1.807) is 5.54 Å². The highest BCUT2D eigenvalue weighted by Crippen LogP contribution is 2.20. The highest BCUT2D eigenvalue weighted by atomic mass is 35.5. The number of hydrogen-bond acceptors (Lipinski definition) is 2. The average Bonchev–Trinajstić information content (AvgIpc) is 2.29. The second kappa shape index (κ2) is 5.88. The van der Waals surface area contributed by atoms with Crippen LogP contribution in [0.15, 0.2) is 11.1 Å². The zero-order valence-corrected chi connectivity index (χ0v) is 10.9. The number of nitrogens with one attached hydrogen (secondary N) is 1. The molecule has 0 saturated carbocycles. The molecule has 1 fully saturated rings. The first-order valence-corrected chi connectivity index (χ1v) is 6.32. The molecule has 0 aromatic heterocycles. The van der Waals surface area contributed by atoms with E-state index in [-0.39, 0.29) is 0 Å². The van der Waals surface area contributed by atoms with Crippen molar-refractivity contribution in [3.8, 4) is 0 Å². The molecule has 88 valence electrons. The first-order valence-electron chi connectivity index (χ1n) is 5.89. The summed E-state index contributed by atoms with van der Waals surface area (Å²) in [6, 6.07) is 0. The first-order chi connectivity index (χ1) is 7.15. The van der Waals surface area contributed by atoms with E-state index < -0.39 is 0 Å². The molecule has 2 nitrogen and oxygen atoms in total. The minimum absolute atomic E-state index is 0.324. The fraction of sp³-hybridized carbons (Fsp3) is 0.833. The van der Waals surface area contributed by atoms with Crippen molar-refractivity contribution in [2.24, 2.45) is 0 Å². The summed E-state index contributed by atoms with van der Waals surface area (Å²) in [5, 5.41) is 3.66. The molecule has 1 saturated heterocycles. The summed E-state index contributed by atoms with van der Waals surface area (Å²) in [4.78, 5) is 2.50. The van der Waals surface area contributed by atoms with E-state index in [1.165, 1.54) is 18.4 Å². The van der Waals surface area contributed by atoms with Gasteiger partial charge in [-0.2, -0.15) is 0 Å². The molecule has 1 rings (SSSR count). The van der Waals surface area contributed by atoms with Crippen molar-refractivity contribution in [1.82, 2.24) is 10.2 Å². The standard InChI is InChI=1S/C12H23ClN2/c1-4-12(5-2)10-15(7-6-14-12)9-11(3)8-13/h8,14H,4-7,9-10H2,1-3H3. The minimum Gasteiger partial charge on any atom is -0.309 e. The summed E-state index contributed by atoms with van der Waals surface area (Å²) in [5.74, 6) is 0. The lowest BCUT2D eigenvalue weighted by Gasteiger charge is -2.43. The van der Waals surface area contributed by atoms with Gasteiger partial charge in [-0.05, 0) is 25.3 Å². The maximum Gasteiger partial charge on any atom is 0.0304 e. The first kappa shape index (κ1) is 13.0. The normalized spacial score (nSPS) is 23.1. The Hall–Kier alpha value is -0.0500. The molecule has 0 bridgehead atoms. The monoisotopic (exact) mass is 230 g/mol. The lowest BCUT2D eigenvalue weighted by atomic mass is 9.90. The smallest absolute Gasteiger partial charge is 0.0304 e. The highest BCUT2D eigenvalue weighted by Gasteiger charge is 2.31. The van der Waals surface area contributed by atoms with Crippen LogP contribution in [0, 0.1) is 0 Å². The molecule has 1 heterocycles. The second-order valence-corrected chi connectivity index (χ2v) is 4.80. The zero-order valence-electron chi connectivity index (χ0n) is 10.1. The molecule has 0 aromatic carbocycles. The van der Waals surface area contributed by atoms with Crippen LogP contribution < -0.4 is 5.32 Å². The van der Waals surface area contributed by atoms with E-state index in [1.807, 2.05) is 0 Å². The number of piperazine rings is 1. The van der Waals surface area contributed by atoms with E-state index in [0.717, 1.165) is 26.2 Å². The molecule has 1 N–H and O–H groups in total. The molecule has 0 unspecified atom stereocenters. The Morgan fingerprint density at radius 2 is 2.13 bits per heavy atom. The van der Waals surface area contributed by atoms with Gasteiger partial charge in [0, 0.05) is 37.3 Å². The van der Waals surface area contributed by atoms with Gasteiger partial charge in [-0.3, -0.25) is 4.90 Å². The average molecular weight is 231 g/mol. The maximum absolute atomic E-state index is 5.71. The third kappa shape index (κ3) is 3.47. The van der Waals surface area contributed by atoms with Crippen molar-refractivity contribution < 1.29 is 0 Å². The van der Waals surface area contributed by atoms with Gasteiger partial charge in [-0.25, -0.2) is 0 Å². The van der Waals surface area contributed by atoms with Crippen molar-refractivity contribution in [3.63, 3.8) is 0 Å². The Kier molecular flexibility index (Phi) is 5.10. The van der Waals surface area contributed by atoms with Crippen LogP contribution in [0.1, 0.15) is 33.6 Å². The minimum atomic E-state index is 0.324. The van der Waals surface area contributed by atoms with Gasteiger partial charge in [-0.15, -0.1) is 0 Å². The van der Waals surface area contributed by atoms with Crippen LogP contribution in [-0.4, -0.2) is 36.6 Å². The molecule has 3 heteroatoms. The van der Waals surface area contributed by atoms with Gasteiger partial charge < -0.3 is 5.32 Å². The molecule has 0 spiro atoms. The van der Waals surface area contributed by atoms with Crippen molar-refractivity contribution >= 4 is 11.6 Å². The maximum atomic E-state index is 5.71. The third-order valence-corrected chi connectivity index (χ3v) is 3.84. The van der Waals surface area contributed by atoms with Crippen LogP contribution in [0.2, 0.25) is 0 Å². The molecule has 0 aromatic rings. The Bertz CT molecular complexity index is 222. The molecular formula is C12H23ClN2. The molecule has 0 atom stereocenters. The molecule has 1 aliphatic heterocycles. The van der Waals surface area contributed by atoms with E-state index >= 15 is 0 Å². The molecule has 0 aliphatic carbocycles. The third-order valence-electron chi connectivity index (χ3n) is 3.47. The van der Waals surface area contributed by atoms with Crippen molar-refractivity contribution in [2.75, 3.05) is 26.2 Å². The molecule has 15 heavy (non-hydrogen) atoms. The molecule has 0 amide bonds. The quantitative estimate of drug-likeness (QED) is 0.799. The predicted molar refractivity (Wildman–Crippen MR) is 67.4 cm³/mol. The van der Waals surface area contributed by atoms with Crippen LogP contribution in [0.4, 0.5) is 0 Å². The van der Waals surface area contributed by atoms with Gasteiger partial charge in [0.15, 0.2) is 0 Å². The lowest BCUT2D eigenvalue weighted by Crippen LogP contribution is -2.59. The largest absolute Gasteiger partial charge is 0.309 e. The van der Waals surface area contributed by atoms with Crippen molar-refractivity contribution in [3.05, 3.63) is 11.1 Å². The molecule has 1 aliphatic rings. The summed E-state index contributed by atoms with van der Waals surface area (Å²) >= 11 is 5.71. The van der Waals surface area contributed by atoms with Gasteiger partial charge in [0.1, 0.15) is 0 Å². The predicted octanol–water partition coefficient (Wildman–Crippen LogP) is 2.59. The number of halogens is 1. The van der Waals surface area contributed by atoms with Gasteiger partial charge in [0.2, 0.25) is 0 Å². The zero-order chi connectivity index (χ0) is 11.3. The van der Waals surface area contributed by atoms with Gasteiger partial charge in [0.25, 0.3) is 0 Å². The fourth-order valence-electron chi connectivity index (χ4n) is 2.29. The summed E-state index contributed by atoms with van der Waals surface area (Å²) < 4.78 is 0. The number of hydrogen-bond donors (Lipinski definition) is 1. The van der Waals surface area contributed by atoms with Crippen LogP contribution in [0.3, 0.4) is 0 Å². The van der Waals surface area contributed by atoms with Crippen LogP contribution in [0.5, 0.6) is 0 Å². The van der Waals surface area contributed by atoms with Gasteiger partial charge in [0.05, 0.1) is 0 Å². The van der Waals surface area contributed by atoms with Crippen molar-refractivity contribution in [1.29, 1.82) is 0 Å². The molecule has 0 radical (unpaired) electrons. The second-order valence-electron chi connectivity index (χ2n) is 4.58. The van der Waals surface area contributed by atoms with Crippen LogP contribution >= 0.6 is 11.6 Å². The Morgan fingerprint density at radius 1 is 1.47 bits per heavy atom. The van der Waals surface area contributed by atoms with Gasteiger partial charge >= 0.3 is 0 Å². The SMILES string of the molecule is CCC1(CC)CN(CC(C)=CCl)CCN1. The highest BCUT2D eigenvalue weighted by molar-refractivity contribution is 6.25. The Balaban J connectivity index is 2.55.